The van der Waals surface area contributed by atoms with E-state index in [0.717, 1.165) is 12.7 Å². The summed E-state index contributed by atoms with van der Waals surface area (Å²) >= 11 is 0. The SMILES string of the molecule is CCCNC[C@]1(O)[C@H](C)O[C@@H](O[C@H]2[C@H](C)[C@@H](O[C@@H]3O[C@H](C)C[C@H](NC)[C@H]3Oc3cccc(S(C)(=O)=O)c3)[C@](C)(O)C[C@@H](C)CN[C@H](C)[C@@H](O)[C@](C)(O)[C@@H](CC)OC(=O)[C@@H]2C)C[C@@]1(C)OC. The number of hydrogen-bond donors (Lipinski definition) is 7. The molecule has 65 heavy (non-hydrogen) atoms. The van der Waals surface area contributed by atoms with E-state index in [4.69, 9.17) is 33.2 Å². The Morgan fingerprint density at radius 2 is 1.65 bits per heavy atom. The van der Waals surface area contributed by atoms with Crippen LogP contribution in [0.5, 0.6) is 5.75 Å². The Hall–Kier alpha value is -2.04. The normalized spacial score (nSPS) is 43.0. The Balaban J connectivity index is 1.87. The molecular weight excluding hydrogens is 863 g/mol. The Bertz CT molecular complexity index is 1790. The summed E-state index contributed by atoms with van der Waals surface area (Å²) < 4.78 is 70.9. The Labute approximate surface area is 388 Å². The minimum Gasteiger partial charge on any atom is -0.483 e. The van der Waals surface area contributed by atoms with Crippen molar-refractivity contribution in [2.24, 2.45) is 17.8 Å². The highest BCUT2D eigenvalue weighted by molar-refractivity contribution is 7.90. The number of nitrogens with one attached hydrogen (secondary N) is 3. The molecule has 0 amide bonds. The maximum atomic E-state index is 14.6. The van der Waals surface area contributed by atoms with Gasteiger partial charge in [-0.15, -0.1) is 0 Å². The summed E-state index contributed by atoms with van der Waals surface area (Å²) in [5, 5.41) is 58.2. The first-order valence-corrected chi connectivity index (χ1v) is 25.4. The molecular formula is C47H83N3O14S. The van der Waals surface area contributed by atoms with Crippen molar-refractivity contribution < 1.29 is 66.8 Å². The molecule has 1 aromatic carbocycles. The summed E-state index contributed by atoms with van der Waals surface area (Å²) in [6.45, 7) is 20.7. The van der Waals surface area contributed by atoms with Crippen LogP contribution in [0.25, 0.3) is 0 Å². The van der Waals surface area contributed by atoms with Crippen LogP contribution in [0.1, 0.15) is 108 Å². The van der Waals surface area contributed by atoms with Crippen molar-refractivity contribution in [1.82, 2.24) is 16.0 Å². The van der Waals surface area contributed by atoms with Crippen LogP contribution in [0.3, 0.4) is 0 Å². The van der Waals surface area contributed by atoms with Crippen LogP contribution in [0.15, 0.2) is 29.2 Å². The minimum atomic E-state index is -3.57. The molecule has 18 heteroatoms. The van der Waals surface area contributed by atoms with Crippen LogP contribution < -0.4 is 20.7 Å². The van der Waals surface area contributed by atoms with Crippen molar-refractivity contribution in [3.8, 4) is 5.75 Å². The lowest BCUT2D eigenvalue weighted by Gasteiger charge is -2.53. The second-order valence-electron chi connectivity index (χ2n) is 19.9. The number of methoxy groups -OCH3 is 1. The van der Waals surface area contributed by atoms with Crippen LogP contribution >= 0.6 is 0 Å². The summed E-state index contributed by atoms with van der Waals surface area (Å²) in [5.41, 5.74) is -6.16. The van der Waals surface area contributed by atoms with Gasteiger partial charge in [0.2, 0.25) is 0 Å². The second kappa shape index (κ2) is 22.6. The van der Waals surface area contributed by atoms with Crippen molar-refractivity contribution in [2.45, 2.75) is 203 Å². The van der Waals surface area contributed by atoms with Crippen molar-refractivity contribution in [3.63, 3.8) is 0 Å². The van der Waals surface area contributed by atoms with E-state index in [1.54, 1.807) is 60.7 Å². The second-order valence-corrected chi connectivity index (χ2v) is 21.9. The molecule has 0 spiro atoms. The van der Waals surface area contributed by atoms with E-state index in [1.165, 1.54) is 26.2 Å². The number of cyclic esters (lactones) is 1. The number of hydrogen-bond acceptors (Lipinski definition) is 17. The smallest absolute Gasteiger partial charge is 0.311 e. The average Bonchev–Trinajstić information content (AvgIpc) is 3.23. The molecule has 3 aliphatic rings. The van der Waals surface area contributed by atoms with E-state index in [-0.39, 0.29) is 54.5 Å². The van der Waals surface area contributed by atoms with Crippen LogP contribution in [0, 0.1) is 17.8 Å². The van der Waals surface area contributed by atoms with E-state index in [1.807, 2.05) is 27.7 Å². The minimum absolute atomic E-state index is 0.0552. The number of sulfone groups is 1. The molecule has 3 saturated heterocycles. The molecule has 0 aromatic heterocycles. The molecule has 0 radical (unpaired) electrons. The lowest BCUT2D eigenvalue weighted by atomic mass is 9.75. The number of ether oxygens (including phenoxy) is 7. The predicted molar refractivity (Wildman–Crippen MR) is 245 cm³/mol. The number of likely N-dealkylation sites (N-methyl/N-ethyl adjacent to an activating group) is 1. The molecule has 0 aliphatic carbocycles. The van der Waals surface area contributed by atoms with Gasteiger partial charge >= 0.3 is 5.97 Å². The first-order valence-electron chi connectivity index (χ1n) is 23.5. The summed E-state index contributed by atoms with van der Waals surface area (Å²) in [5.74, 6) is -2.61. The fourth-order valence-electron chi connectivity index (χ4n) is 10.1. The zero-order chi connectivity index (χ0) is 48.9. The average molecular weight is 946 g/mol. The van der Waals surface area contributed by atoms with Gasteiger partial charge in [-0.3, -0.25) is 4.79 Å². The van der Waals surface area contributed by atoms with Gasteiger partial charge in [-0.25, -0.2) is 8.42 Å². The first kappa shape index (κ1) is 55.6. The quantitative estimate of drug-likeness (QED) is 0.105. The Kier molecular flexibility index (Phi) is 19.3. The molecule has 3 heterocycles. The van der Waals surface area contributed by atoms with E-state index in [2.05, 4.69) is 16.0 Å². The van der Waals surface area contributed by atoms with Gasteiger partial charge < -0.3 is 69.5 Å². The third-order valence-electron chi connectivity index (χ3n) is 14.2. The van der Waals surface area contributed by atoms with Crippen LogP contribution in [0.4, 0.5) is 0 Å². The first-order chi connectivity index (χ1) is 30.2. The maximum Gasteiger partial charge on any atom is 0.311 e. The van der Waals surface area contributed by atoms with Gasteiger partial charge in [0.15, 0.2) is 28.5 Å². The Morgan fingerprint density at radius 1 is 0.969 bits per heavy atom. The number of rotatable bonds is 14. The largest absolute Gasteiger partial charge is 0.483 e. The third kappa shape index (κ3) is 13.0. The van der Waals surface area contributed by atoms with Gasteiger partial charge in [0, 0.05) is 38.3 Å². The number of aliphatic hydroxyl groups excluding tert-OH is 1. The predicted octanol–water partition coefficient (Wildman–Crippen LogP) is 3.08. The molecule has 0 saturated carbocycles. The number of carbonyl (C=O) groups is 1. The van der Waals surface area contributed by atoms with Crippen LogP contribution in [-0.4, -0.2) is 165 Å². The molecule has 17 nitrogen and oxygen atoms in total. The molecule has 4 rings (SSSR count). The van der Waals surface area contributed by atoms with E-state index in [0.29, 0.717) is 19.5 Å². The Morgan fingerprint density at radius 3 is 2.25 bits per heavy atom. The molecule has 7 N–H and O–H groups in total. The number of benzene rings is 1. The third-order valence-corrected chi connectivity index (χ3v) is 15.3. The van der Waals surface area contributed by atoms with E-state index >= 15 is 0 Å². The number of aliphatic hydroxyl groups is 4. The van der Waals surface area contributed by atoms with E-state index in [9.17, 15) is 33.6 Å². The van der Waals surface area contributed by atoms with Gasteiger partial charge in [0.05, 0.1) is 46.9 Å². The molecule has 0 bridgehead atoms. The summed E-state index contributed by atoms with van der Waals surface area (Å²) in [6.07, 6.45) is -6.00. The maximum absolute atomic E-state index is 14.6. The standard InChI is InChI=1S/C47H83N3O14S/c1-15-20-49-26-47(55)32(8)60-37(24-45(47,10)58-13)63-38-29(5)41(64-43-39(35(48-12)21-28(4)59-43)61-33-18-17-19-34(22-33)65(14,56)57)44(9,53)23-27(3)25-50-31(7)40(51)46(11,54)36(16-2)62-42(52)30(38)6/h17-19,22,27-32,35-41,43,48-51,53-55H,15-16,20-21,23-26H2,1-14H3/t27-,28-,29+,30-,31-,32+,35+,36-,37+,38+,39-,40-,41-,43+,44-,45-,46-,47+/m1/s1. The molecule has 0 unspecified atom stereocenters. The summed E-state index contributed by atoms with van der Waals surface area (Å²) in [4.78, 5) is 14.6. The molecule has 1 aromatic rings. The zero-order valence-corrected chi connectivity index (χ0v) is 42.1. The topological polar surface area (TPSA) is 233 Å². The van der Waals surface area contributed by atoms with Crippen molar-refractivity contribution in [1.29, 1.82) is 0 Å². The van der Waals surface area contributed by atoms with Crippen molar-refractivity contribution >= 4 is 15.8 Å². The fourth-order valence-corrected chi connectivity index (χ4v) is 10.7. The molecule has 376 valence electrons. The highest BCUT2D eigenvalue weighted by Crippen LogP contribution is 2.43. The van der Waals surface area contributed by atoms with Crippen molar-refractivity contribution in [3.05, 3.63) is 24.3 Å². The van der Waals surface area contributed by atoms with Crippen molar-refractivity contribution in [2.75, 3.05) is 40.0 Å². The van der Waals surface area contributed by atoms with Crippen LogP contribution in [0.2, 0.25) is 0 Å². The summed E-state index contributed by atoms with van der Waals surface area (Å²) in [6, 6.07) is 5.21. The van der Waals surface area contributed by atoms with Gasteiger partial charge in [0.25, 0.3) is 0 Å². The summed E-state index contributed by atoms with van der Waals surface area (Å²) in [7, 11) is -0.256. The fraction of sp³-hybridized carbons (Fsp3) is 0.851. The molecule has 3 fully saturated rings. The highest BCUT2D eigenvalue weighted by atomic mass is 32.2. The van der Waals surface area contributed by atoms with Gasteiger partial charge in [-0.1, -0.05) is 33.8 Å². The lowest BCUT2D eigenvalue weighted by Crippen LogP contribution is -2.70. The zero-order valence-electron chi connectivity index (χ0n) is 41.3. The molecule has 3 aliphatic heterocycles. The monoisotopic (exact) mass is 946 g/mol. The van der Waals surface area contributed by atoms with Gasteiger partial charge in [-0.05, 0) is 118 Å². The lowest BCUT2D eigenvalue weighted by molar-refractivity contribution is -0.335. The molecule has 18 atom stereocenters. The van der Waals surface area contributed by atoms with Gasteiger partial charge in [0.1, 0.15) is 34.8 Å². The van der Waals surface area contributed by atoms with Gasteiger partial charge in [-0.2, -0.15) is 0 Å². The number of carbonyl (C=O) groups excluding carboxylic acids is 1. The van der Waals surface area contributed by atoms with Crippen LogP contribution in [-0.2, 0) is 43.1 Å². The highest BCUT2D eigenvalue weighted by Gasteiger charge is 2.58. The van der Waals surface area contributed by atoms with E-state index < -0.39 is 105 Å². The number of esters is 1.